The van der Waals surface area contributed by atoms with E-state index >= 15 is 0 Å². The summed E-state index contributed by atoms with van der Waals surface area (Å²) in [5.41, 5.74) is 0.615. The Morgan fingerprint density at radius 1 is 1.29 bits per heavy atom. The van der Waals surface area contributed by atoms with Crippen LogP contribution in [-0.4, -0.2) is 48.6 Å². The van der Waals surface area contributed by atoms with Gasteiger partial charge in [-0.25, -0.2) is 8.42 Å². The Labute approximate surface area is 132 Å². The number of hydrogen-bond donors (Lipinski definition) is 2. The van der Waals surface area contributed by atoms with Crippen LogP contribution in [0.1, 0.15) is 31.4 Å². The second kappa shape index (κ2) is 6.64. The Balaban J connectivity index is 0.00000161. The summed E-state index contributed by atoms with van der Waals surface area (Å²) in [6, 6.07) is 0.593. The molecule has 1 aromatic rings. The first-order valence-electron chi connectivity index (χ1n) is 7.32. The molecule has 3 rings (SSSR count). The van der Waals surface area contributed by atoms with Gasteiger partial charge < -0.3 is 5.32 Å². The molecule has 3 heterocycles. The molecule has 0 saturated carbocycles. The monoisotopic (exact) mass is 334 g/mol. The van der Waals surface area contributed by atoms with E-state index in [0.717, 1.165) is 19.4 Å². The van der Waals surface area contributed by atoms with Gasteiger partial charge in [-0.2, -0.15) is 9.40 Å². The fraction of sp³-hybridized carbons (Fsp3) is 0.769. The number of rotatable bonds is 3. The van der Waals surface area contributed by atoms with Gasteiger partial charge in [0.05, 0.1) is 11.9 Å². The molecule has 0 spiro atoms. The minimum absolute atomic E-state index is 0. The van der Waals surface area contributed by atoms with Crippen LogP contribution in [0.3, 0.4) is 0 Å². The third-order valence-electron chi connectivity index (χ3n) is 4.57. The van der Waals surface area contributed by atoms with E-state index in [1.807, 2.05) is 0 Å². The molecule has 0 aromatic carbocycles. The lowest BCUT2D eigenvalue weighted by molar-refractivity contribution is 0.234. The first kappa shape index (κ1) is 16.7. The largest absolute Gasteiger partial charge is 0.314 e. The molecule has 1 atom stereocenters. The smallest absolute Gasteiger partial charge is 0.246 e. The molecule has 8 heteroatoms. The SMILES string of the molecule is Cc1[nH]ncc1S(=O)(=O)N1CCC(C2CCCN2)CC1.Cl. The van der Waals surface area contributed by atoms with Gasteiger partial charge in [-0.3, -0.25) is 5.10 Å². The van der Waals surface area contributed by atoms with Gasteiger partial charge in [-0.1, -0.05) is 0 Å². The van der Waals surface area contributed by atoms with Gasteiger partial charge in [-0.15, -0.1) is 12.4 Å². The molecule has 2 saturated heterocycles. The molecule has 6 nitrogen and oxygen atoms in total. The van der Waals surface area contributed by atoms with Gasteiger partial charge >= 0.3 is 0 Å². The molecule has 1 unspecified atom stereocenters. The number of hydrogen-bond acceptors (Lipinski definition) is 4. The molecule has 2 aliphatic heterocycles. The Hall–Kier alpha value is -0.630. The number of halogens is 1. The Morgan fingerprint density at radius 2 is 2.00 bits per heavy atom. The van der Waals surface area contributed by atoms with E-state index in [-0.39, 0.29) is 12.4 Å². The van der Waals surface area contributed by atoms with Crippen molar-refractivity contribution in [3.63, 3.8) is 0 Å². The molecule has 0 bridgehead atoms. The summed E-state index contributed by atoms with van der Waals surface area (Å²) in [5.74, 6) is 0.620. The van der Waals surface area contributed by atoms with E-state index < -0.39 is 10.0 Å². The third-order valence-corrected chi connectivity index (χ3v) is 6.58. The summed E-state index contributed by atoms with van der Waals surface area (Å²) in [6.45, 7) is 4.10. The fourth-order valence-electron chi connectivity index (χ4n) is 3.37. The van der Waals surface area contributed by atoms with E-state index in [4.69, 9.17) is 0 Å². The average Bonchev–Trinajstić information content (AvgIpc) is 3.10. The van der Waals surface area contributed by atoms with Crippen molar-refractivity contribution in [3.8, 4) is 0 Å². The normalized spacial score (nSPS) is 24.9. The predicted molar refractivity (Wildman–Crippen MR) is 83.1 cm³/mol. The van der Waals surface area contributed by atoms with Gasteiger partial charge in [0.2, 0.25) is 10.0 Å². The molecule has 0 aliphatic carbocycles. The number of piperidine rings is 1. The van der Waals surface area contributed by atoms with Gasteiger partial charge in [-0.05, 0) is 45.1 Å². The van der Waals surface area contributed by atoms with Crippen LogP contribution in [0.5, 0.6) is 0 Å². The third kappa shape index (κ3) is 3.26. The second-order valence-corrected chi connectivity index (χ2v) is 7.71. The quantitative estimate of drug-likeness (QED) is 0.873. The van der Waals surface area contributed by atoms with Crippen LogP contribution in [-0.2, 0) is 10.0 Å². The number of nitrogens with one attached hydrogen (secondary N) is 2. The van der Waals surface area contributed by atoms with Crippen molar-refractivity contribution in [1.29, 1.82) is 0 Å². The van der Waals surface area contributed by atoms with Gasteiger partial charge in [0.1, 0.15) is 4.90 Å². The van der Waals surface area contributed by atoms with Crippen molar-refractivity contribution >= 4 is 22.4 Å². The highest BCUT2D eigenvalue weighted by Crippen LogP contribution is 2.29. The Kier molecular flexibility index (Phi) is 5.29. The van der Waals surface area contributed by atoms with Crippen LogP contribution in [0.2, 0.25) is 0 Å². The molecule has 0 radical (unpaired) electrons. The summed E-state index contributed by atoms with van der Waals surface area (Å²) < 4.78 is 26.7. The highest BCUT2D eigenvalue weighted by molar-refractivity contribution is 7.89. The summed E-state index contributed by atoms with van der Waals surface area (Å²) in [4.78, 5) is 0.315. The summed E-state index contributed by atoms with van der Waals surface area (Å²) in [6.07, 6.45) is 5.80. The van der Waals surface area contributed by atoms with Crippen molar-refractivity contribution in [3.05, 3.63) is 11.9 Å². The van der Waals surface area contributed by atoms with E-state index in [0.29, 0.717) is 35.6 Å². The molecule has 1 aromatic heterocycles. The van der Waals surface area contributed by atoms with Crippen molar-refractivity contribution in [2.75, 3.05) is 19.6 Å². The van der Waals surface area contributed by atoms with Crippen LogP contribution in [0, 0.1) is 12.8 Å². The zero-order chi connectivity index (χ0) is 14.2. The molecule has 0 amide bonds. The zero-order valence-corrected chi connectivity index (χ0v) is 13.8. The highest BCUT2D eigenvalue weighted by atomic mass is 35.5. The maximum absolute atomic E-state index is 12.5. The fourth-order valence-corrected chi connectivity index (χ4v) is 4.96. The second-order valence-electron chi connectivity index (χ2n) is 5.80. The van der Waals surface area contributed by atoms with Crippen molar-refractivity contribution in [2.45, 2.75) is 43.5 Å². The summed E-state index contributed by atoms with van der Waals surface area (Å²) in [5, 5.41) is 10.1. The van der Waals surface area contributed by atoms with Gasteiger partial charge in [0.15, 0.2) is 0 Å². The molecule has 21 heavy (non-hydrogen) atoms. The maximum atomic E-state index is 12.5. The lowest BCUT2D eigenvalue weighted by Crippen LogP contribution is -2.43. The minimum Gasteiger partial charge on any atom is -0.314 e. The molecule has 2 aliphatic rings. The molecular weight excluding hydrogens is 312 g/mol. The molecule has 2 N–H and O–H groups in total. The average molecular weight is 335 g/mol. The van der Waals surface area contributed by atoms with Crippen LogP contribution in [0.4, 0.5) is 0 Å². The Morgan fingerprint density at radius 3 is 2.52 bits per heavy atom. The van der Waals surface area contributed by atoms with Crippen LogP contribution in [0.25, 0.3) is 0 Å². The van der Waals surface area contributed by atoms with E-state index in [2.05, 4.69) is 15.5 Å². The first-order valence-corrected chi connectivity index (χ1v) is 8.76. The van der Waals surface area contributed by atoms with Crippen molar-refractivity contribution in [2.24, 2.45) is 5.92 Å². The maximum Gasteiger partial charge on any atom is 0.246 e. The minimum atomic E-state index is -3.38. The lowest BCUT2D eigenvalue weighted by atomic mass is 9.89. The van der Waals surface area contributed by atoms with E-state index in [1.54, 1.807) is 11.2 Å². The van der Waals surface area contributed by atoms with E-state index in [1.165, 1.54) is 19.0 Å². The number of H-pyrrole nitrogens is 1. The molecule has 2 fully saturated rings. The highest BCUT2D eigenvalue weighted by Gasteiger charge is 2.34. The summed E-state index contributed by atoms with van der Waals surface area (Å²) in [7, 11) is -3.38. The number of nitrogens with zero attached hydrogens (tertiary/aromatic N) is 2. The van der Waals surface area contributed by atoms with Crippen LogP contribution >= 0.6 is 12.4 Å². The lowest BCUT2D eigenvalue weighted by Gasteiger charge is -2.34. The number of aromatic nitrogens is 2. The van der Waals surface area contributed by atoms with Gasteiger partial charge in [0, 0.05) is 19.1 Å². The zero-order valence-electron chi connectivity index (χ0n) is 12.2. The number of aromatic amines is 1. The van der Waals surface area contributed by atoms with E-state index in [9.17, 15) is 8.42 Å². The molecule has 120 valence electrons. The molecular formula is C13H23ClN4O2S. The van der Waals surface area contributed by atoms with Crippen LogP contribution in [0.15, 0.2) is 11.1 Å². The summed E-state index contributed by atoms with van der Waals surface area (Å²) >= 11 is 0. The first-order chi connectivity index (χ1) is 9.59. The van der Waals surface area contributed by atoms with Crippen molar-refractivity contribution in [1.82, 2.24) is 19.8 Å². The number of aryl methyl sites for hydroxylation is 1. The standard InChI is InChI=1S/C13H22N4O2S.ClH/c1-10-13(9-15-16-10)20(18,19)17-7-4-11(5-8-17)12-3-2-6-14-12;/h9,11-12,14H,2-8H2,1H3,(H,15,16);1H. The topological polar surface area (TPSA) is 78.1 Å². The van der Waals surface area contributed by atoms with Gasteiger partial charge in [0.25, 0.3) is 0 Å². The van der Waals surface area contributed by atoms with Crippen molar-refractivity contribution < 1.29 is 8.42 Å². The Bertz CT molecular complexity index is 560. The number of sulfonamides is 1. The predicted octanol–water partition coefficient (Wildman–Crippen LogP) is 1.29. The van der Waals surface area contributed by atoms with Crippen LogP contribution < -0.4 is 5.32 Å².